The Morgan fingerprint density at radius 1 is 1.21 bits per heavy atom. The summed E-state index contributed by atoms with van der Waals surface area (Å²) in [6.45, 7) is -0.330. The molecule has 19 heavy (non-hydrogen) atoms. The van der Waals surface area contributed by atoms with Crippen molar-refractivity contribution in [1.29, 1.82) is 0 Å². The van der Waals surface area contributed by atoms with Crippen LogP contribution in [0.1, 0.15) is 5.56 Å². The number of benzene rings is 1. The summed E-state index contributed by atoms with van der Waals surface area (Å²) in [5, 5.41) is 8.44. The Kier molecular flexibility index (Phi) is 3.77. The van der Waals surface area contributed by atoms with E-state index in [1.54, 1.807) is 18.2 Å². The average Bonchev–Trinajstić information content (AvgIpc) is 2.39. The highest BCUT2D eigenvalue weighted by molar-refractivity contribution is 7.92. The van der Waals surface area contributed by atoms with Gasteiger partial charge in [-0.2, -0.15) is 8.42 Å². The Bertz CT molecular complexity index is 689. The standard InChI is InChI=1S/C12H11FN2O3S/c13-10-5-3-7-14-12(10)19(17,18)15-11-6-2-1-4-9(11)8-16/h1-7,15-16H,8H2. The van der Waals surface area contributed by atoms with Gasteiger partial charge in [0.1, 0.15) is 0 Å². The number of pyridine rings is 1. The van der Waals surface area contributed by atoms with Crippen molar-refractivity contribution in [2.24, 2.45) is 0 Å². The molecule has 0 aliphatic heterocycles. The highest BCUT2D eigenvalue weighted by Crippen LogP contribution is 2.20. The van der Waals surface area contributed by atoms with Gasteiger partial charge in [-0.3, -0.25) is 4.72 Å². The Morgan fingerprint density at radius 2 is 1.95 bits per heavy atom. The topological polar surface area (TPSA) is 79.3 Å². The van der Waals surface area contributed by atoms with Gasteiger partial charge in [0.2, 0.25) is 5.03 Å². The number of rotatable bonds is 4. The van der Waals surface area contributed by atoms with Gasteiger partial charge in [-0.1, -0.05) is 18.2 Å². The van der Waals surface area contributed by atoms with E-state index >= 15 is 0 Å². The number of para-hydroxylation sites is 1. The van der Waals surface area contributed by atoms with Crippen LogP contribution in [0, 0.1) is 5.82 Å². The smallest absolute Gasteiger partial charge is 0.282 e. The molecule has 2 aromatic rings. The van der Waals surface area contributed by atoms with E-state index in [1.807, 2.05) is 0 Å². The van der Waals surface area contributed by atoms with Gasteiger partial charge in [0.25, 0.3) is 10.0 Å². The van der Waals surface area contributed by atoms with Gasteiger partial charge in [-0.25, -0.2) is 9.37 Å². The summed E-state index contributed by atoms with van der Waals surface area (Å²) in [6, 6.07) is 8.61. The molecule has 1 aromatic heterocycles. The quantitative estimate of drug-likeness (QED) is 0.891. The number of anilines is 1. The van der Waals surface area contributed by atoms with Gasteiger partial charge >= 0.3 is 0 Å². The maximum Gasteiger partial charge on any atom is 0.282 e. The number of sulfonamides is 1. The minimum Gasteiger partial charge on any atom is -0.392 e. The van der Waals surface area contributed by atoms with Gasteiger partial charge in [0.05, 0.1) is 12.3 Å². The number of hydrogen-bond acceptors (Lipinski definition) is 4. The molecule has 100 valence electrons. The molecule has 1 heterocycles. The first-order valence-corrected chi connectivity index (χ1v) is 6.85. The fourth-order valence-corrected chi connectivity index (χ4v) is 2.63. The molecule has 0 bridgehead atoms. The molecule has 0 spiro atoms. The first-order valence-electron chi connectivity index (χ1n) is 5.36. The van der Waals surface area contributed by atoms with E-state index in [0.29, 0.717) is 5.56 Å². The molecule has 0 radical (unpaired) electrons. The second-order valence-corrected chi connectivity index (χ2v) is 5.31. The van der Waals surface area contributed by atoms with Crippen LogP contribution in [0.2, 0.25) is 0 Å². The number of nitrogens with zero attached hydrogens (tertiary/aromatic N) is 1. The first-order chi connectivity index (χ1) is 9.04. The molecule has 0 aliphatic rings. The Labute approximate surface area is 109 Å². The van der Waals surface area contributed by atoms with Crippen LogP contribution in [-0.2, 0) is 16.6 Å². The van der Waals surface area contributed by atoms with Crippen LogP contribution < -0.4 is 4.72 Å². The normalized spacial score (nSPS) is 11.3. The van der Waals surface area contributed by atoms with E-state index in [0.717, 1.165) is 6.07 Å². The zero-order valence-corrected chi connectivity index (χ0v) is 10.6. The highest BCUT2D eigenvalue weighted by Gasteiger charge is 2.21. The van der Waals surface area contributed by atoms with Crippen LogP contribution in [0.15, 0.2) is 47.6 Å². The monoisotopic (exact) mass is 282 g/mol. The molecule has 0 aliphatic carbocycles. The zero-order chi connectivity index (χ0) is 13.9. The zero-order valence-electron chi connectivity index (χ0n) is 9.75. The van der Waals surface area contributed by atoms with Crippen LogP contribution >= 0.6 is 0 Å². The minimum atomic E-state index is -4.12. The lowest BCUT2D eigenvalue weighted by molar-refractivity contribution is 0.282. The predicted octanol–water partition coefficient (Wildman–Crippen LogP) is 1.51. The maximum absolute atomic E-state index is 13.4. The lowest BCUT2D eigenvalue weighted by Crippen LogP contribution is -2.17. The molecule has 7 heteroatoms. The molecular formula is C12H11FN2O3S. The van der Waals surface area contributed by atoms with Crippen molar-refractivity contribution in [2.45, 2.75) is 11.6 Å². The molecule has 0 atom stereocenters. The van der Waals surface area contributed by atoms with Crippen LogP contribution in [0.3, 0.4) is 0 Å². The third-order valence-electron chi connectivity index (χ3n) is 2.41. The van der Waals surface area contributed by atoms with E-state index in [-0.39, 0.29) is 12.3 Å². The Morgan fingerprint density at radius 3 is 2.63 bits per heavy atom. The molecule has 0 amide bonds. The first kappa shape index (κ1) is 13.4. The molecule has 0 fully saturated rings. The van der Waals surface area contributed by atoms with Crippen molar-refractivity contribution in [1.82, 2.24) is 4.98 Å². The van der Waals surface area contributed by atoms with E-state index < -0.39 is 20.9 Å². The van der Waals surface area contributed by atoms with E-state index in [4.69, 9.17) is 5.11 Å². The van der Waals surface area contributed by atoms with Crippen LogP contribution in [0.4, 0.5) is 10.1 Å². The number of halogens is 1. The van der Waals surface area contributed by atoms with Crippen LogP contribution in [0.25, 0.3) is 0 Å². The molecule has 1 aromatic carbocycles. The molecular weight excluding hydrogens is 271 g/mol. The summed E-state index contributed by atoms with van der Waals surface area (Å²) in [5.41, 5.74) is 0.581. The summed E-state index contributed by atoms with van der Waals surface area (Å²) in [6.07, 6.45) is 1.19. The molecule has 2 rings (SSSR count). The second-order valence-electron chi connectivity index (χ2n) is 3.71. The van der Waals surface area contributed by atoms with Crippen LogP contribution in [0.5, 0.6) is 0 Å². The summed E-state index contributed by atoms with van der Waals surface area (Å²) < 4.78 is 39.6. The Hall–Kier alpha value is -1.99. The summed E-state index contributed by atoms with van der Waals surface area (Å²) >= 11 is 0. The Balaban J connectivity index is 2.40. The van der Waals surface area contributed by atoms with Crippen molar-refractivity contribution in [3.05, 3.63) is 54.0 Å². The molecule has 0 saturated carbocycles. The fraction of sp³-hybridized carbons (Fsp3) is 0.0833. The number of hydrogen-bond donors (Lipinski definition) is 2. The number of aromatic nitrogens is 1. The number of nitrogens with one attached hydrogen (secondary N) is 1. The second kappa shape index (κ2) is 5.33. The van der Waals surface area contributed by atoms with E-state index in [2.05, 4.69) is 9.71 Å². The minimum absolute atomic E-state index is 0.190. The summed E-state index contributed by atoms with van der Waals surface area (Å²) in [4.78, 5) is 3.51. The predicted molar refractivity (Wildman–Crippen MR) is 67.4 cm³/mol. The fourth-order valence-electron chi connectivity index (χ4n) is 1.52. The van der Waals surface area contributed by atoms with Gasteiger partial charge in [-0.15, -0.1) is 0 Å². The molecule has 0 saturated heterocycles. The van der Waals surface area contributed by atoms with Crippen molar-refractivity contribution in [3.63, 3.8) is 0 Å². The van der Waals surface area contributed by atoms with Crippen molar-refractivity contribution in [3.8, 4) is 0 Å². The molecule has 2 N–H and O–H groups in total. The lowest BCUT2D eigenvalue weighted by Gasteiger charge is -2.10. The van der Waals surface area contributed by atoms with Crippen molar-refractivity contribution in [2.75, 3.05) is 4.72 Å². The highest BCUT2D eigenvalue weighted by atomic mass is 32.2. The summed E-state index contributed by atoms with van der Waals surface area (Å²) in [5.74, 6) is -0.934. The van der Waals surface area contributed by atoms with Gasteiger partial charge in [-0.05, 0) is 18.2 Å². The van der Waals surface area contributed by atoms with Crippen molar-refractivity contribution < 1.29 is 17.9 Å². The van der Waals surface area contributed by atoms with Crippen molar-refractivity contribution >= 4 is 15.7 Å². The third-order valence-corrected chi connectivity index (χ3v) is 3.71. The van der Waals surface area contributed by atoms with Gasteiger partial charge < -0.3 is 5.11 Å². The average molecular weight is 282 g/mol. The van der Waals surface area contributed by atoms with E-state index in [9.17, 15) is 12.8 Å². The van der Waals surface area contributed by atoms with E-state index in [1.165, 1.54) is 18.3 Å². The lowest BCUT2D eigenvalue weighted by atomic mass is 10.2. The number of aliphatic hydroxyl groups excluding tert-OH is 1. The van der Waals surface area contributed by atoms with Gasteiger partial charge in [0, 0.05) is 11.8 Å². The maximum atomic E-state index is 13.4. The summed E-state index contributed by atoms with van der Waals surface area (Å²) in [7, 11) is -4.12. The van der Waals surface area contributed by atoms with Gasteiger partial charge in [0.15, 0.2) is 5.82 Å². The largest absolute Gasteiger partial charge is 0.392 e. The van der Waals surface area contributed by atoms with Crippen LogP contribution in [-0.4, -0.2) is 18.5 Å². The molecule has 5 nitrogen and oxygen atoms in total. The number of aliphatic hydroxyl groups is 1. The SMILES string of the molecule is O=S(=O)(Nc1ccccc1CO)c1ncccc1F. The third kappa shape index (κ3) is 2.88. The molecule has 0 unspecified atom stereocenters.